The van der Waals surface area contributed by atoms with Crippen LogP contribution in [0.15, 0.2) is 0 Å². The van der Waals surface area contributed by atoms with Gasteiger partial charge in [0, 0.05) is 23.8 Å². The van der Waals surface area contributed by atoms with E-state index >= 15 is 0 Å². The van der Waals surface area contributed by atoms with Gasteiger partial charge in [-0.15, -0.1) is 11.3 Å². The second-order valence-corrected chi connectivity index (χ2v) is 6.23. The van der Waals surface area contributed by atoms with Crippen molar-refractivity contribution in [1.82, 2.24) is 10.3 Å². The molecule has 0 bridgehead atoms. The van der Waals surface area contributed by atoms with Crippen molar-refractivity contribution in [3.8, 4) is 0 Å². The molecule has 18 heavy (non-hydrogen) atoms. The average molecular weight is 266 g/mol. The molecule has 1 aliphatic rings. The minimum Gasteiger partial charge on any atom is -0.354 e. The quantitative estimate of drug-likeness (QED) is 0.890. The molecule has 1 amide bonds. The highest BCUT2D eigenvalue weighted by molar-refractivity contribution is 7.11. The fraction of sp³-hybridized carbons (Fsp3) is 0.714. The smallest absolute Gasteiger partial charge is 0.220 e. The Balaban J connectivity index is 1.83. The van der Waals surface area contributed by atoms with E-state index in [9.17, 15) is 4.79 Å². The molecule has 0 radical (unpaired) electrons. The molecule has 0 aliphatic heterocycles. The van der Waals surface area contributed by atoms with Crippen molar-refractivity contribution in [3.63, 3.8) is 0 Å². The van der Waals surface area contributed by atoms with E-state index in [0.717, 1.165) is 24.3 Å². The van der Waals surface area contributed by atoms with E-state index in [1.807, 2.05) is 18.3 Å². The number of amides is 1. The predicted molar refractivity (Wildman–Crippen MR) is 75.0 cm³/mol. The molecule has 1 atom stereocenters. The molecule has 3 nitrogen and oxygen atoms in total. The van der Waals surface area contributed by atoms with Gasteiger partial charge >= 0.3 is 0 Å². The largest absolute Gasteiger partial charge is 0.354 e. The zero-order valence-electron chi connectivity index (χ0n) is 11.3. The van der Waals surface area contributed by atoms with Crippen LogP contribution in [0.2, 0.25) is 0 Å². The zero-order chi connectivity index (χ0) is 13.0. The van der Waals surface area contributed by atoms with E-state index in [0.29, 0.717) is 6.42 Å². The maximum Gasteiger partial charge on any atom is 0.220 e. The van der Waals surface area contributed by atoms with Gasteiger partial charge in [0.2, 0.25) is 5.91 Å². The number of nitrogens with one attached hydrogen (secondary N) is 1. The van der Waals surface area contributed by atoms with Gasteiger partial charge in [-0.2, -0.15) is 0 Å². The van der Waals surface area contributed by atoms with Crippen LogP contribution in [0.25, 0.3) is 0 Å². The summed E-state index contributed by atoms with van der Waals surface area (Å²) in [4.78, 5) is 17.8. The fourth-order valence-electron chi connectivity index (χ4n) is 2.18. The monoisotopic (exact) mass is 266 g/mol. The average Bonchev–Trinajstić information content (AvgIpc) is 2.79. The molecule has 1 unspecified atom stereocenters. The first-order chi connectivity index (χ1) is 8.69. The summed E-state index contributed by atoms with van der Waals surface area (Å²) in [5, 5.41) is 4.14. The number of hydrogen-bond acceptors (Lipinski definition) is 3. The molecular formula is C14H22N2OS. The summed E-state index contributed by atoms with van der Waals surface area (Å²) in [7, 11) is 0. The number of aryl methyl sites for hydroxylation is 3. The van der Waals surface area contributed by atoms with Gasteiger partial charge in [-0.25, -0.2) is 4.98 Å². The number of thiazole rings is 1. The number of rotatable bonds is 5. The molecule has 1 heterocycles. The molecule has 1 N–H and O–H groups in total. The van der Waals surface area contributed by atoms with Crippen LogP contribution in [-0.4, -0.2) is 16.9 Å². The van der Waals surface area contributed by atoms with Crippen LogP contribution in [0, 0.1) is 0 Å². The van der Waals surface area contributed by atoms with E-state index in [4.69, 9.17) is 0 Å². The summed E-state index contributed by atoms with van der Waals surface area (Å²) in [6.45, 7) is 4.12. The zero-order valence-corrected chi connectivity index (χ0v) is 12.1. The van der Waals surface area contributed by atoms with Crippen molar-refractivity contribution in [2.24, 2.45) is 0 Å². The Morgan fingerprint density at radius 1 is 1.44 bits per heavy atom. The third-order valence-electron chi connectivity index (χ3n) is 3.48. The molecule has 2 rings (SSSR count). The second-order valence-electron chi connectivity index (χ2n) is 5.06. The van der Waals surface area contributed by atoms with E-state index < -0.39 is 0 Å². The Morgan fingerprint density at radius 3 is 2.94 bits per heavy atom. The lowest BCUT2D eigenvalue weighted by Gasteiger charge is -2.10. The molecule has 1 aromatic heterocycles. The lowest BCUT2D eigenvalue weighted by molar-refractivity contribution is -0.121. The highest BCUT2D eigenvalue weighted by Gasteiger charge is 2.15. The van der Waals surface area contributed by atoms with Crippen molar-refractivity contribution in [1.29, 1.82) is 0 Å². The standard InChI is InChI=1S/C14H22N2OS/c1-3-10(2)15-13(17)8-9-14-16-11-6-4-5-7-12(11)18-14/h10H,3-9H2,1-2H3,(H,15,17). The van der Waals surface area contributed by atoms with Gasteiger partial charge < -0.3 is 5.32 Å². The lowest BCUT2D eigenvalue weighted by atomic mass is 10.0. The van der Waals surface area contributed by atoms with Crippen molar-refractivity contribution in [2.45, 2.75) is 64.8 Å². The lowest BCUT2D eigenvalue weighted by Crippen LogP contribution is -2.31. The summed E-state index contributed by atoms with van der Waals surface area (Å²) in [6.07, 6.45) is 7.22. The minimum atomic E-state index is 0.150. The number of nitrogens with zero attached hydrogens (tertiary/aromatic N) is 1. The number of carbonyl (C=O) groups excluding carboxylic acids is 1. The SMILES string of the molecule is CCC(C)NC(=O)CCc1nc2c(s1)CCCC2. The topological polar surface area (TPSA) is 42.0 Å². The van der Waals surface area contributed by atoms with Crippen LogP contribution in [-0.2, 0) is 24.1 Å². The normalized spacial score (nSPS) is 16.1. The summed E-state index contributed by atoms with van der Waals surface area (Å²) in [5.74, 6) is 0.150. The highest BCUT2D eigenvalue weighted by Crippen LogP contribution is 2.27. The molecule has 0 saturated heterocycles. The van der Waals surface area contributed by atoms with Gasteiger partial charge in [-0.3, -0.25) is 4.79 Å². The van der Waals surface area contributed by atoms with Gasteiger partial charge in [0.1, 0.15) is 0 Å². The molecule has 0 fully saturated rings. The van der Waals surface area contributed by atoms with E-state index in [2.05, 4.69) is 17.2 Å². The highest BCUT2D eigenvalue weighted by atomic mass is 32.1. The van der Waals surface area contributed by atoms with Crippen LogP contribution < -0.4 is 5.32 Å². The maximum atomic E-state index is 11.7. The third kappa shape index (κ3) is 3.55. The Labute approximate surface area is 113 Å². The third-order valence-corrected chi connectivity index (χ3v) is 4.69. The first-order valence-corrected chi connectivity index (χ1v) is 7.77. The van der Waals surface area contributed by atoms with Crippen LogP contribution in [0.4, 0.5) is 0 Å². The Hall–Kier alpha value is -0.900. The van der Waals surface area contributed by atoms with Crippen molar-refractivity contribution >= 4 is 17.2 Å². The summed E-state index contributed by atoms with van der Waals surface area (Å²) in [5.41, 5.74) is 1.29. The van der Waals surface area contributed by atoms with Crippen LogP contribution >= 0.6 is 11.3 Å². The van der Waals surface area contributed by atoms with Crippen molar-refractivity contribution < 1.29 is 4.79 Å². The number of carbonyl (C=O) groups is 1. The maximum absolute atomic E-state index is 11.7. The predicted octanol–water partition coefficient (Wildman–Crippen LogP) is 2.87. The first kappa shape index (κ1) is 13.5. The molecule has 1 aliphatic carbocycles. The molecule has 1 aromatic rings. The van der Waals surface area contributed by atoms with Gasteiger partial charge in [0.05, 0.1) is 10.7 Å². The minimum absolute atomic E-state index is 0.150. The van der Waals surface area contributed by atoms with E-state index in [1.165, 1.54) is 29.8 Å². The van der Waals surface area contributed by atoms with Crippen LogP contribution in [0.5, 0.6) is 0 Å². The van der Waals surface area contributed by atoms with Crippen LogP contribution in [0.1, 0.15) is 55.1 Å². The first-order valence-electron chi connectivity index (χ1n) is 6.96. The fourth-order valence-corrected chi connectivity index (χ4v) is 3.34. The second kappa shape index (κ2) is 6.32. The van der Waals surface area contributed by atoms with E-state index in [-0.39, 0.29) is 11.9 Å². The molecule has 0 spiro atoms. The molecule has 0 saturated carbocycles. The van der Waals surface area contributed by atoms with Gasteiger partial charge in [0.15, 0.2) is 0 Å². The van der Waals surface area contributed by atoms with Gasteiger partial charge in [-0.05, 0) is 39.0 Å². The number of hydrogen-bond donors (Lipinski definition) is 1. The molecule has 4 heteroatoms. The molecule has 100 valence electrons. The summed E-state index contributed by atoms with van der Waals surface area (Å²) >= 11 is 1.81. The molecular weight excluding hydrogens is 244 g/mol. The Morgan fingerprint density at radius 2 is 2.22 bits per heavy atom. The number of fused-ring (bicyclic) bond motifs is 1. The summed E-state index contributed by atoms with van der Waals surface area (Å²) < 4.78 is 0. The number of aromatic nitrogens is 1. The van der Waals surface area contributed by atoms with Crippen molar-refractivity contribution in [2.75, 3.05) is 0 Å². The van der Waals surface area contributed by atoms with Crippen molar-refractivity contribution in [3.05, 3.63) is 15.6 Å². The Bertz CT molecular complexity index is 390. The van der Waals surface area contributed by atoms with E-state index in [1.54, 1.807) is 0 Å². The summed E-state index contributed by atoms with van der Waals surface area (Å²) in [6, 6.07) is 0.280. The van der Waals surface area contributed by atoms with Gasteiger partial charge in [-0.1, -0.05) is 6.92 Å². The molecule has 0 aromatic carbocycles. The Kier molecular flexibility index (Phi) is 4.75. The van der Waals surface area contributed by atoms with Crippen LogP contribution in [0.3, 0.4) is 0 Å². The van der Waals surface area contributed by atoms with Gasteiger partial charge in [0.25, 0.3) is 0 Å².